The first-order valence-electron chi connectivity index (χ1n) is 6.98. The van der Waals surface area contributed by atoms with Gasteiger partial charge in [-0.25, -0.2) is 5.43 Å². The van der Waals surface area contributed by atoms with Crippen LogP contribution < -0.4 is 10.7 Å². The SMILES string of the molecule is C=NNC(=O)C1CCN(CC2CCNCC2)CC1. The lowest BCUT2D eigenvalue weighted by molar-refractivity contribution is -0.126. The number of likely N-dealkylation sites (tertiary alicyclic amines) is 1. The highest BCUT2D eigenvalue weighted by Crippen LogP contribution is 2.20. The van der Waals surface area contributed by atoms with E-state index in [1.807, 2.05) is 0 Å². The summed E-state index contributed by atoms with van der Waals surface area (Å²) in [6.45, 7) is 8.90. The minimum atomic E-state index is 0.0338. The first-order valence-corrected chi connectivity index (χ1v) is 6.98. The molecule has 0 saturated carbocycles. The fraction of sp³-hybridized carbons (Fsp3) is 0.846. The van der Waals surface area contributed by atoms with Gasteiger partial charge in [0, 0.05) is 19.2 Å². The van der Waals surface area contributed by atoms with E-state index in [0.29, 0.717) is 0 Å². The molecule has 2 heterocycles. The maximum absolute atomic E-state index is 11.6. The van der Waals surface area contributed by atoms with Crippen molar-refractivity contribution in [3.05, 3.63) is 0 Å². The van der Waals surface area contributed by atoms with Crippen LogP contribution in [0.3, 0.4) is 0 Å². The molecule has 0 unspecified atom stereocenters. The summed E-state index contributed by atoms with van der Waals surface area (Å²) in [5.74, 6) is 0.998. The maximum Gasteiger partial charge on any atom is 0.243 e. The van der Waals surface area contributed by atoms with Gasteiger partial charge in [0.2, 0.25) is 5.91 Å². The van der Waals surface area contributed by atoms with Gasteiger partial charge in [-0.05, 0) is 57.8 Å². The summed E-state index contributed by atoms with van der Waals surface area (Å²) >= 11 is 0. The Labute approximate surface area is 109 Å². The molecule has 18 heavy (non-hydrogen) atoms. The molecule has 0 aliphatic carbocycles. The van der Waals surface area contributed by atoms with Crippen LogP contribution in [0.25, 0.3) is 0 Å². The summed E-state index contributed by atoms with van der Waals surface area (Å²) in [4.78, 5) is 14.1. The van der Waals surface area contributed by atoms with E-state index in [-0.39, 0.29) is 11.8 Å². The molecule has 102 valence electrons. The number of carbonyl (C=O) groups is 1. The van der Waals surface area contributed by atoms with Gasteiger partial charge in [-0.2, -0.15) is 5.10 Å². The lowest BCUT2D eigenvalue weighted by Crippen LogP contribution is -2.42. The van der Waals surface area contributed by atoms with Gasteiger partial charge in [0.15, 0.2) is 0 Å². The highest BCUT2D eigenvalue weighted by molar-refractivity contribution is 5.78. The molecule has 2 N–H and O–H groups in total. The number of hydrogen-bond acceptors (Lipinski definition) is 4. The molecule has 0 aromatic rings. The van der Waals surface area contributed by atoms with Gasteiger partial charge in [-0.15, -0.1) is 0 Å². The predicted molar refractivity (Wildman–Crippen MR) is 72.4 cm³/mol. The van der Waals surface area contributed by atoms with Crippen molar-refractivity contribution in [2.45, 2.75) is 25.7 Å². The summed E-state index contributed by atoms with van der Waals surface area (Å²) < 4.78 is 0. The zero-order valence-corrected chi connectivity index (χ0v) is 11.0. The van der Waals surface area contributed by atoms with Crippen molar-refractivity contribution in [2.75, 3.05) is 32.7 Å². The fourth-order valence-corrected chi connectivity index (χ4v) is 2.98. The summed E-state index contributed by atoms with van der Waals surface area (Å²) in [5.41, 5.74) is 2.46. The van der Waals surface area contributed by atoms with Crippen molar-refractivity contribution in [2.24, 2.45) is 16.9 Å². The van der Waals surface area contributed by atoms with E-state index in [4.69, 9.17) is 0 Å². The number of carbonyl (C=O) groups excluding carboxylic acids is 1. The minimum absolute atomic E-state index is 0.0338. The van der Waals surface area contributed by atoms with E-state index < -0.39 is 0 Å². The van der Waals surface area contributed by atoms with Crippen LogP contribution in [0.1, 0.15) is 25.7 Å². The van der Waals surface area contributed by atoms with Crippen LogP contribution in [0.5, 0.6) is 0 Å². The van der Waals surface area contributed by atoms with E-state index in [0.717, 1.165) is 44.9 Å². The molecule has 2 aliphatic rings. The van der Waals surface area contributed by atoms with Crippen LogP contribution in [0.15, 0.2) is 5.10 Å². The molecule has 0 aromatic carbocycles. The zero-order chi connectivity index (χ0) is 12.8. The number of amides is 1. The van der Waals surface area contributed by atoms with Gasteiger partial charge in [0.05, 0.1) is 0 Å². The van der Waals surface area contributed by atoms with E-state index in [1.165, 1.54) is 19.4 Å². The average Bonchev–Trinajstić information content (AvgIpc) is 2.41. The quantitative estimate of drug-likeness (QED) is 0.563. The summed E-state index contributed by atoms with van der Waals surface area (Å²) in [7, 11) is 0. The van der Waals surface area contributed by atoms with Crippen molar-refractivity contribution in [3.8, 4) is 0 Å². The topological polar surface area (TPSA) is 56.7 Å². The molecule has 2 fully saturated rings. The van der Waals surface area contributed by atoms with E-state index >= 15 is 0 Å². The lowest BCUT2D eigenvalue weighted by atomic mass is 9.93. The molecule has 2 saturated heterocycles. The summed E-state index contributed by atoms with van der Waals surface area (Å²) in [6.07, 6.45) is 4.49. The Balaban J connectivity index is 1.69. The minimum Gasteiger partial charge on any atom is -0.317 e. The lowest BCUT2D eigenvalue weighted by Gasteiger charge is -2.34. The van der Waals surface area contributed by atoms with Crippen LogP contribution in [-0.2, 0) is 4.79 Å². The van der Waals surface area contributed by atoms with Crippen LogP contribution in [0.2, 0.25) is 0 Å². The number of nitrogens with one attached hydrogen (secondary N) is 2. The first kappa shape index (κ1) is 13.5. The van der Waals surface area contributed by atoms with Crippen LogP contribution >= 0.6 is 0 Å². The first-order chi connectivity index (χ1) is 8.79. The molecule has 0 radical (unpaired) electrons. The van der Waals surface area contributed by atoms with Gasteiger partial charge >= 0.3 is 0 Å². The van der Waals surface area contributed by atoms with Gasteiger partial charge in [-0.3, -0.25) is 4.79 Å². The third kappa shape index (κ3) is 3.78. The zero-order valence-electron chi connectivity index (χ0n) is 11.0. The fourth-order valence-electron chi connectivity index (χ4n) is 2.98. The maximum atomic E-state index is 11.6. The molecule has 5 nitrogen and oxygen atoms in total. The molecule has 2 rings (SSSR count). The molecular formula is C13H24N4O. The van der Waals surface area contributed by atoms with Crippen molar-refractivity contribution < 1.29 is 4.79 Å². The Morgan fingerprint density at radius 3 is 2.56 bits per heavy atom. The van der Waals surface area contributed by atoms with E-state index in [2.05, 4.69) is 27.5 Å². The molecule has 5 heteroatoms. The molecular weight excluding hydrogens is 228 g/mol. The normalized spacial score (nSPS) is 23.8. The van der Waals surface area contributed by atoms with Crippen LogP contribution in [0.4, 0.5) is 0 Å². The number of rotatable bonds is 4. The molecule has 0 spiro atoms. The second-order valence-corrected chi connectivity index (χ2v) is 5.40. The van der Waals surface area contributed by atoms with E-state index in [9.17, 15) is 4.79 Å². The third-order valence-electron chi connectivity index (χ3n) is 4.12. The largest absolute Gasteiger partial charge is 0.317 e. The second kappa shape index (κ2) is 6.85. The predicted octanol–water partition coefficient (Wildman–Crippen LogP) is 0.430. The number of piperidine rings is 2. The molecule has 0 atom stereocenters. The monoisotopic (exact) mass is 252 g/mol. The van der Waals surface area contributed by atoms with Gasteiger partial charge in [0.1, 0.15) is 0 Å². The summed E-state index contributed by atoms with van der Waals surface area (Å²) in [5, 5.41) is 6.85. The Kier molecular flexibility index (Phi) is 5.13. The Hall–Kier alpha value is -0.940. The van der Waals surface area contributed by atoms with Gasteiger partial charge in [-0.1, -0.05) is 0 Å². The van der Waals surface area contributed by atoms with Crippen molar-refractivity contribution >= 4 is 12.6 Å². The second-order valence-electron chi connectivity index (χ2n) is 5.40. The van der Waals surface area contributed by atoms with Crippen molar-refractivity contribution in [1.29, 1.82) is 0 Å². The number of hydrogen-bond donors (Lipinski definition) is 2. The van der Waals surface area contributed by atoms with E-state index in [1.54, 1.807) is 0 Å². The summed E-state index contributed by atoms with van der Waals surface area (Å²) in [6, 6.07) is 0. The number of nitrogens with zero attached hydrogens (tertiary/aromatic N) is 2. The van der Waals surface area contributed by atoms with Crippen LogP contribution in [-0.4, -0.2) is 50.2 Å². The molecule has 2 aliphatic heterocycles. The highest BCUT2D eigenvalue weighted by Gasteiger charge is 2.26. The number of hydrazone groups is 1. The highest BCUT2D eigenvalue weighted by atomic mass is 16.2. The Bertz CT molecular complexity index is 281. The van der Waals surface area contributed by atoms with Gasteiger partial charge in [0.25, 0.3) is 0 Å². The Morgan fingerprint density at radius 2 is 1.94 bits per heavy atom. The smallest absolute Gasteiger partial charge is 0.243 e. The molecule has 0 bridgehead atoms. The third-order valence-corrected chi connectivity index (χ3v) is 4.12. The molecule has 1 amide bonds. The average molecular weight is 252 g/mol. The standard InChI is InChI=1S/C13H24N4O/c1-14-16-13(18)12-4-8-17(9-5-12)10-11-2-6-15-7-3-11/h11-12,15H,1-10H2,(H,16,18). The van der Waals surface area contributed by atoms with Gasteiger partial charge < -0.3 is 10.2 Å². The van der Waals surface area contributed by atoms with Crippen LogP contribution in [0, 0.1) is 11.8 Å². The van der Waals surface area contributed by atoms with Crippen molar-refractivity contribution in [1.82, 2.24) is 15.6 Å². The Morgan fingerprint density at radius 1 is 1.28 bits per heavy atom. The van der Waals surface area contributed by atoms with Crippen molar-refractivity contribution in [3.63, 3.8) is 0 Å². The molecule has 0 aromatic heterocycles.